The number of alkyl halides is 3. The molecule has 1 fully saturated rings. The molecule has 0 bridgehead atoms. The second-order valence-electron chi connectivity index (χ2n) is 6.59. The van der Waals surface area contributed by atoms with Gasteiger partial charge in [0.2, 0.25) is 11.8 Å². The van der Waals surface area contributed by atoms with Crippen LogP contribution in [0.25, 0.3) is 0 Å². The van der Waals surface area contributed by atoms with Crippen molar-refractivity contribution >= 4 is 28.9 Å². The quantitative estimate of drug-likeness (QED) is 0.749. The van der Waals surface area contributed by atoms with Gasteiger partial charge >= 0.3 is 6.18 Å². The Morgan fingerprint density at radius 1 is 0.821 bits per heavy atom. The molecule has 8 heteroatoms. The Kier molecular flexibility index (Phi) is 5.87. The SMILES string of the molecule is O=C(CC(=O)Nc1ccc(C(F)(F)F)cc1)Nc1ccc(N2CCCC2)cc1. The summed E-state index contributed by atoms with van der Waals surface area (Å²) in [6.45, 7) is 2.05. The third kappa shape index (κ3) is 5.25. The van der Waals surface area contributed by atoms with Gasteiger partial charge in [-0.2, -0.15) is 13.2 Å². The van der Waals surface area contributed by atoms with Crippen molar-refractivity contribution in [2.75, 3.05) is 28.6 Å². The van der Waals surface area contributed by atoms with Gasteiger partial charge < -0.3 is 15.5 Å². The molecule has 2 N–H and O–H groups in total. The third-order valence-electron chi connectivity index (χ3n) is 4.44. The van der Waals surface area contributed by atoms with Crippen LogP contribution in [-0.4, -0.2) is 24.9 Å². The number of carbonyl (C=O) groups is 2. The molecular formula is C20H20F3N3O2. The molecule has 0 spiro atoms. The summed E-state index contributed by atoms with van der Waals surface area (Å²) < 4.78 is 37.6. The molecule has 1 aliphatic heterocycles. The Balaban J connectivity index is 1.49. The summed E-state index contributed by atoms with van der Waals surface area (Å²) in [5, 5.41) is 5.05. The van der Waals surface area contributed by atoms with Gasteiger partial charge in [0.1, 0.15) is 6.42 Å². The fraction of sp³-hybridized carbons (Fsp3) is 0.300. The second kappa shape index (κ2) is 8.33. The standard InChI is InChI=1S/C20H20F3N3O2/c21-20(22,23)14-3-5-15(6-4-14)24-18(27)13-19(28)25-16-7-9-17(10-8-16)26-11-1-2-12-26/h3-10H,1-2,11-13H2,(H,24,27)(H,25,28). The zero-order valence-corrected chi connectivity index (χ0v) is 15.1. The van der Waals surface area contributed by atoms with Crippen molar-refractivity contribution in [1.82, 2.24) is 0 Å². The van der Waals surface area contributed by atoms with E-state index in [9.17, 15) is 22.8 Å². The van der Waals surface area contributed by atoms with Crippen molar-refractivity contribution in [1.29, 1.82) is 0 Å². The molecule has 0 radical (unpaired) electrons. The number of amides is 2. The van der Waals surface area contributed by atoms with Crippen LogP contribution < -0.4 is 15.5 Å². The average molecular weight is 391 g/mol. The summed E-state index contributed by atoms with van der Waals surface area (Å²) in [6.07, 6.45) is -2.53. The maximum absolute atomic E-state index is 12.5. The lowest BCUT2D eigenvalue weighted by molar-refractivity contribution is -0.137. The number of rotatable bonds is 5. The molecule has 2 amide bonds. The van der Waals surface area contributed by atoms with E-state index in [1.54, 1.807) is 12.1 Å². The van der Waals surface area contributed by atoms with Crippen LogP contribution in [0.1, 0.15) is 24.8 Å². The molecule has 5 nitrogen and oxygen atoms in total. The van der Waals surface area contributed by atoms with Gasteiger partial charge in [-0.05, 0) is 61.4 Å². The second-order valence-corrected chi connectivity index (χ2v) is 6.59. The number of hydrogen-bond donors (Lipinski definition) is 2. The van der Waals surface area contributed by atoms with Crippen LogP contribution in [-0.2, 0) is 15.8 Å². The first kappa shape index (κ1) is 19.7. The van der Waals surface area contributed by atoms with E-state index in [0.29, 0.717) is 5.69 Å². The highest BCUT2D eigenvalue weighted by atomic mass is 19.4. The number of hydrogen-bond acceptors (Lipinski definition) is 3. The van der Waals surface area contributed by atoms with E-state index in [1.165, 1.54) is 12.8 Å². The van der Waals surface area contributed by atoms with Gasteiger partial charge in [-0.3, -0.25) is 9.59 Å². The molecule has 28 heavy (non-hydrogen) atoms. The van der Waals surface area contributed by atoms with Crippen LogP contribution in [0.15, 0.2) is 48.5 Å². The van der Waals surface area contributed by atoms with E-state index in [2.05, 4.69) is 15.5 Å². The maximum Gasteiger partial charge on any atom is 0.416 e. The summed E-state index contributed by atoms with van der Waals surface area (Å²) >= 11 is 0. The topological polar surface area (TPSA) is 61.4 Å². The van der Waals surface area contributed by atoms with Gasteiger partial charge in [-0.15, -0.1) is 0 Å². The number of anilines is 3. The first-order chi connectivity index (χ1) is 13.3. The van der Waals surface area contributed by atoms with Gasteiger partial charge in [-0.1, -0.05) is 0 Å². The molecule has 0 aromatic heterocycles. The zero-order chi connectivity index (χ0) is 20.1. The highest BCUT2D eigenvalue weighted by molar-refractivity contribution is 6.08. The lowest BCUT2D eigenvalue weighted by Crippen LogP contribution is -2.21. The van der Waals surface area contributed by atoms with Crippen LogP contribution >= 0.6 is 0 Å². The Bertz CT molecular complexity index is 827. The first-order valence-corrected chi connectivity index (χ1v) is 8.93. The summed E-state index contributed by atoms with van der Waals surface area (Å²) in [5.41, 5.74) is 1.06. The minimum atomic E-state index is -4.44. The normalized spacial score (nSPS) is 14.0. The molecule has 1 heterocycles. The van der Waals surface area contributed by atoms with Crippen molar-refractivity contribution in [2.24, 2.45) is 0 Å². The summed E-state index contributed by atoms with van der Waals surface area (Å²) in [7, 11) is 0. The van der Waals surface area contributed by atoms with Gasteiger partial charge in [0.05, 0.1) is 5.56 Å². The van der Waals surface area contributed by atoms with Crippen molar-refractivity contribution in [2.45, 2.75) is 25.4 Å². The van der Waals surface area contributed by atoms with Crippen LogP contribution in [0.3, 0.4) is 0 Å². The first-order valence-electron chi connectivity index (χ1n) is 8.93. The predicted molar refractivity (Wildman–Crippen MR) is 101 cm³/mol. The Hall–Kier alpha value is -3.03. The molecular weight excluding hydrogens is 371 g/mol. The van der Waals surface area contributed by atoms with Crippen molar-refractivity contribution in [3.63, 3.8) is 0 Å². The summed E-state index contributed by atoms with van der Waals surface area (Å²) in [4.78, 5) is 26.2. The minimum absolute atomic E-state index is 0.195. The van der Waals surface area contributed by atoms with Crippen molar-refractivity contribution in [3.8, 4) is 0 Å². The average Bonchev–Trinajstić information content (AvgIpc) is 3.16. The number of nitrogens with one attached hydrogen (secondary N) is 2. The van der Waals surface area contributed by atoms with Crippen molar-refractivity contribution in [3.05, 3.63) is 54.1 Å². The number of halogens is 3. The molecule has 0 atom stereocenters. The Morgan fingerprint density at radius 2 is 1.29 bits per heavy atom. The third-order valence-corrected chi connectivity index (χ3v) is 4.44. The predicted octanol–water partition coefficient (Wildman–Crippen LogP) is 4.27. The highest BCUT2D eigenvalue weighted by Crippen LogP contribution is 2.29. The van der Waals surface area contributed by atoms with E-state index < -0.39 is 30.0 Å². The zero-order valence-electron chi connectivity index (χ0n) is 15.1. The lowest BCUT2D eigenvalue weighted by atomic mass is 10.2. The van der Waals surface area contributed by atoms with E-state index in [4.69, 9.17) is 0 Å². The number of benzene rings is 2. The van der Waals surface area contributed by atoms with E-state index >= 15 is 0 Å². The molecule has 2 aromatic rings. The maximum atomic E-state index is 12.5. The monoisotopic (exact) mass is 391 g/mol. The molecule has 1 saturated heterocycles. The molecule has 0 unspecified atom stereocenters. The highest BCUT2D eigenvalue weighted by Gasteiger charge is 2.30. The number of carbonyl (C=O) groups excluding carboxylic acids is 2. The number of nitrogens with zero attached hydrogens (tertiary/aromatic N) is 1. The fourth-order valence-electron chi connectivity index (χ4n) is 3.03. The fourth-order valence-corrected chi connectivity index (χ4v) is 3.03. The lowest BCUT2D eigenvalue weighted by Gasteiger charge is -2.17. The molecule has 0 aliphatic carbocycles. The molecule has 0 saturated carbocycles. The molecule has 148 valence electrons. The Labute approximate surface area is 160 Å². The van der Waals surface area contributed by atoms with Crippen LogP contribution in [0.2, 0.25) is 0 Å². The van der Waals surface area contributed by atoms with Gasteiger partial charge in [-0.25, -0.2) is 0 Å². The molecule has 1 aliphatic rings. The summed E-state index contributed by atoms with van der Waals surface area (Å²) in [5.74, 6) is -1.11. The molecule has 3 rings (SSSR count). The van der Waals surface area contributed by atoms with Gasteiger partial charge in [0.25, 0.3) is 0 Å². The minimum Gasteiger partial charge on any atom is -0.372 e. The van der Waals surface area contributed by atoms with Crippen LogP contribution in [0.5, 0.6) is 0 Å². The van der Waals surface area contributed by atoms with E-state index in [1.807, 2.05) is 12.1 Å². The summed E-state index contributed by atoms with van der Waals surface area (Å²) in [6, 6.07) is 11.4. The van der Waals surface area contributed by atoms with Gasteiger partial charge in [0.15, 0.2) is 0 Å². The van der Waals surface area contributed by atoms with E-state index in [0.717, 1.165) is 43.0 Å². The Morgan fingerprint density at radius 3 is 1.75 bits per heavy atom. The van der Waals surface area contributed by atoms with Gasteiger partial charge in [0, 0.05) is 30.2 Å². The van der Waals surface area contributed by atoms with E-state index in [-0.39, 0.29) is 5.69 Å². The smallest absolute Gasteiger partial charge is 0.372 e. The largest absolute Gasteiger partial charge is 0.416 e. The van der Waals surface area contributed by atoms with Crippen LogP contribution in [0.4, 0.5) is 30.2 Å². The molecule has 2 aromatic carbocycles. The van der Waals surface area contributed by atoms with Crippen molar-refractivity contribution < 1.29 is 22.8 Å². The van der Waals surface area contributed by atoms with Crippen LogP contribution in [0, 0.1) is 0 Å².